The summed E-state index contributed by atoms with van der Waals surface area (Å²) in [7, 11) is 0. The van der Waals surface area contributed by atoms with Gasteiger partial charge in [-0.1, -0.05) is 24.3 Å². The summed E-state index contributed by atoms with van der Waals surface area (Å²) in [4.78, 5) is 0. The SMILES string of the molecule is Nc1c(OC(N)(N)CCc2ccc(O)cc2)ccc(-c2ccc(O)cc2)c1O. The fourth-order valence-electron chi connectivity index (χ4n) is 2.81. The van der Waals surface area contributed by atoms with Gasteiger partial charge in [0, 0.05) is 12.0 Å². The van der Waals surface area contributed by atoms with Crippen LogP contribution in [0, 0.1) is 0 Å². The molecule has 0 aromatic heterocycles. The molecule has 0 aliphatic heterocycles. The average molecular weight is 381 g/mol. The molecule has 3 aromatic rings. The molecule has 0 atom stereocenters. The van der Waals surface area contributed by atoms with Gasteiger partial charge in [-0.3, -0.25) is 11.5 Å². The monoisotopic (exact) mass is 381 g/mol. The zero-order chi connectivity index (χ0) is 20.3. The first-order chi connectivity index (χ1) is 13.2. The third kappa shape index (κ3) is 4.46. The summed E-state index contributed by atoms with van der Waals surface area (Å²) in [6.45, 7) is 0. The minimum absolute atomic E-state index is 0.0236. The number of aryl methyl sites for hydroxylation is 1. The van der Waals surface area contributed by atoms with E-state index in [9.17, 15) is 15.3 Å². The van der Waals surface area contributed by atoms with Gasteiger partial charge in [0.1, 0.15) is 28.7 Å². The first kappa shape index (κ1) is 19.3. The van der Waals surface area contributed by atoms with E-state index < -0.39 is 5.85 Å². The molecule has 0 unspecified atom stereocenters. The normalized spacial score (nSPS) is 11.4. The molecule has 0 saturated heterocycles. The van der Waals surface area contributed by atoms with Crippen molar-refractivity contribution in [1.82, 2.24) is 0 Å². The molecular formula is C21H23N3O4. The molecule has 0 aliphatic rings. The number of nitrogen functional groups attached to an aromatic ring is 1. The third-order valence-corrected chi connectivity index (χ3v) is 4.40. The standard InChI is InChI=1S/C21H23N3O4/c22-19-18(10-9-17(20(19)27)14-3-7-16(26)8-4-14)28-21(23,24)12-11-13-1-5-15(25)6-2-13/h1-10,25-27H,11-12,22-24H2. The van der Waals surface area contributed by atoms with E-state index in [0.29, 0.717) is 17.5 Å². The minimum Gasteiger partial charge on any atom is -0.508 e. The molecule has 146 valence electrons. The van der Waals surface area contributed by atoms with Gasteiger partial charge in [0.2, 0.25) is 5.85 Å². The van der Waals surface area contributed by atoms with Crippen LogP contribution in [0.1, 0.15) is 12.0 Å². The highest BCUT2D eigenvalue weighted by molar-refractivity contribution is 5.80. The fourth-order valence-corrected chi connectivity index (χ4v) is 2.81. The minimum atomic E-state index is -1.50. The van der Waals surface area contributed by atoms with Crippen LogP contribution in [0.15, 0.2) is 60.7 Å². The molecule has 0 fully saturated rings. The van der Waals surface area contributed by atoms with Crippen LogP contribution < -0.4 is 21.9 Å². The van der Waals surface area contributed by atoms with Crippen LogP contribution in [0.5, 0.6) is 23.0 Å². The van der Waals surface area contributed by atoms with Gasteiger partial charge in [0.05, 0.1) is 0 Å². The number of phenolic OH excluding ortho intramolecular Hbond substituents is 3. The summed E-state index contributed by atoms with van der Waals surface area (Å²) in [5.41, 5.74) is 20.3. The first-order valence-corrected chi connectivity index (χ1v) is 8.71. The van der Waals surface area contributed by atoms with Crippen LogP contribution >= 0.6 is 0 Å². The summed E-state index contributed by atoms with van der Waals surface area (Å²) in [6.07, 6.45) is 0.822. The van der Waals surface area contributed by atoms with Crippen LogP contribution in [0.4, 0.5) is 5.69 Å². The molecule has 0 heterocycles. The maximum Gasteiger partial charge on any atom is 0.213 e. The number of hydrogen-bond acceptors (Lipinski definition) is 7. The zero-order valence-electron chi connectivity index (χ0n) is 15.2. The first-order valence-electron chi connectivity index (χ1n) is 8.71. The van der Waals surface area contributed by atoms with Crippen molar-refractivity contribution in [3.8, 4) is 34.1 Å². The Morgan fingerprint density at radius 2 is 1.36 bits per heavy atom. The van der Waals surface area contributed by atoms with Gasteiger partial charge in [-0.25, -0.2) is 0 Å². The van der Waals surface area contributed by atoms with Crippen molar-refractivity contribution in [1.29, 1.82) is 0 Å². The summed E-state index contributed by atoms with van der Waals surface area (Å²) >= 11 is 0. The van der Waals surface area contributed by atoms with Crippen LogP contribution in [0.2, 0.25) is 0 Å². The molecule has 0 amide bonds. The van der Waals surface area contributed by atoms with Crippen LogP contribution in [-0.2, 0) is 6.42 Å². The Hall–Kier alpha value is -3.42. The molecular weight excluding hydrogens is 358 g/mol. The fraction of sp³-hybridized carbons (Fsp3) is 0.143. The van der Waals surface area contributed by atoms with Crippen LogP contribution in [0.3, 0.4) is 0 Å². The quantitative estimate of drug-likeness (QED) is 0.218. The number of benzene rings is 3. The Kier molecular flexibility index (Phi) is 5.30. The van der Waals surface area contributed by atoms with Crippen LogP contribution in [0.25, 0.3) is 11.1 Å². The second kappa shape index (κ2) is 7.67. The van der Waals surface area contributed by atoms with E-state index in [1.54, 1.807) is 48.5 Å². The van der Waals surface area contributed by atoms with E-state index in [2.05, 4.69) is 0 Å². The van der Waals surface area contributed by atoms with Gasteiger partial charge in [0.25, 0.3) is 0 Å². The van der Waals surface area contributed by atoms with Crippen molar-refractivity contribution < 1.29 is 20.1 Å². The predicted molar refractivity (Wildman–Crippen MR) is 108 cm³/mol. The highest BCUT2D eigenvalue weighted by Crippen LogP contribution is 2.40. The predicted octanol–water partition coefficient (Wildman–Crippen LogP) is 2.64. The molecule has 3 aromatic carbocycles. The van der Waals surface area contributed by atoms with E-state index in [-0.39, 0.29) is 35.1 Å². The lowest BCUT2D eigenvalue weighted by atomic mass is 10.0. The molecule has 28 heavy (non-hydrogen) atoms. The zero-order valence-corrected chi connectivity index (χ0v) is 15.2. The molecule has 7 heteroatoms. The van der Waals surface area contributed by atoms with Gasteiger partial charge in [0.15, 0.2) is 0 Å². The summed E-state index contributed by atoms with van der Waals surface area (Å²) in [6, 6.07) is 16.3. The van der Waals surface area contributed by atoms with Crippen molar-refractivity contribution in [2.45, 2.75) is 18.7 Å². The van der Waals surface area contributed by atoms with Crippen molar-refractivity contribution in [2.24, 2.45) is 11.5 Å². The maximum atomic E-state index is 10.5. The molecule has 9 N–H and O–H groups in total. The van der Waals surface area contributed by atoms with Gasteiger partial charge in [-0.05, 0) is 53.9 Å². The Bertz CT molecular complexity index is 955. The number of hydrogen-bond donors (Lipinski definition) is 6. The molecule has 0 aliphatic carbocycles. The lowest BCUT2D eigenvalue weighted by molar-refractivity contribution is 0.0741. The van der Waals surface area contributed by atoms with Gasteiger partial charge in [-0.2, -0.15) is 0 Å². The molecule has 0 saturated carbocycles. The van der Waals surface area contributed by atoms with Crippen LogP contribution in [-0.4, -0.2) is 21.2 Å². The number of phenols is 3. The van der Waals surface area contributed by atoms with Gasteiger partial charge >= 0.3 is 0 Å². The van der Waals surface area contributed by atoms with E-state index in [1.807, 2.05) is 0 Å². The number of ether oxygens (including phenoxy) is 1. The topological polar surface area (TPSA) is 148 Å². The molecule has 0 bridgehead atoms. The lowest BCUT2D eigenvalue weighted by Gasteiger charge is -2.27. The Balaban J connectivity index is 1.74. The largest absolute Gasteiger partial charge is 0.508 e. The summed E-state index contributed by atoms with van der Waals surface area (Å²) < 4.78 is 5.65. The second-order valence-corrected chi connectivity index (χ2v) is 6.64. The highest BCUT2D eigenvalue weighted by Gasteiger charge is 2.24. The number of anilines is 1. The maximum absolute atomic E-state index is 10.5. The number of aromatic hydroxyl groups is 3. The van der Waals surface area contributed by atoms with Crippen molar-refractivity contribution in [3.63, 3.8) is 0 Å². The lowest BCUT2D eigenvalue weighted by Crippen LogP contribution is -2.55. The van der Waals surface area contributed by atoms with E-state index >= 15 is 0 Å². The summed E-state index contributed by atoms with van der Waals surface area (Å²) in [5.74, 6) is -1.17. The smallest absolute Gasteiger partial charge is 0.213 e. The van der Waals surface area contributed by atoms with E-state index in [0.717, 1.165) is 5.56 Å². The van der Waals surface area contributed by atoms with Gasteiger partial charge < -0.3 is 25.8 Å². The molecule has 7 nitrogen and oxygen atoms in total. The number of rotatable bonds is 6. The van der Waals surface area contributed by atoms with Crippen molar-refractivity contribution >= 4 is 5.69 Å². The van der Waals surface area contributed by atoms with Crippen molar-refractivity contribution in [2.75, 3.05) is 5.73 Å². The Morgan fingerprint density at radius 3 is 1.96 bits per heavy atom. The van der Waals surface area contributed by atoms with E-state index in [4.69, 9.17) is 21.9 Å². The Labute approximate surface area is 162 Å². The summed E-state index contributed by atoms with van der Waals surface area (Å²) in [5, 5.41) is 29.2. The number of nitrogens with two attached hydrogens (primary N) is 3. The molecule has 3 rings (SSSR count). The molecule has 0 spiro atoms. The average Bonchev–Trinajstić information content (AvgIpc) is 2.66. The Morgan fingerprint density at radius 1 is 0.786 bits per heavy atom. The molecule has 0 radical (unpaired) electrons. The van der Waals surface area contributed by atoms with Gasteiger partial charge in [-0.15, -0.1) is 0 Å². The van der Waals surface area contributed by atoms with Crippen molar-refractivity contribution in [3.05, 3.63) is 66.2 Å². The van der Waals surface area contributed by atoms with E-state index in [1.165, 1.54) is 12.1 Å². The second-order valence-electron chi connectivity index (χ2n) is 6.64. The highest BCUT2D eigenvalue weighted by atomic mass is 16.5. The third-order valence-electron chi connectivity index (χ3n) is 4.40.